The molecule has 1 aliphatic heterocycles. The van der Waals surface area contributed by atoms with E-state index in [0.29, 0.717) is 16.4 Å². The summed E-state index contributed by atoms with van der Waals surface area (Å²) in [5.41, 5.74) is 2.02. The number of esters is 1. The zero-order valence-electron chi connectivity index (χ0n) is 20.7. The highest BCUT2D eigenvalue weighted by molar-refractivity contribution is 6.36. The number of carbonyl (C=O) groups excluding carboxylic acids is 4. The Bertz CT molecular complexity index is 1490. The van der Waals surface area contributed by atoms with Crippen LogP contribution in [0.15, 0.2) is 72.8 Å². The summed E-state index contributed by atoms with van der Waals surface area (Å²) in [6, 6.07) is 21.0. The summed E-state index contributed by atoms with van der Waals surface area (Å²) in [5, 5.41) is 3.24. The zero-order chi connectivity index (χ0) is 27.3. The van der Waals surface area contributed by atoms with Crippen LogP contribution < -0.4 is 10.2 Å². The van der Waals surface area contributed by atoms with Gasteiger partial charge >= 0.3 is 5.97 Å². The molecule has 0 aromatic heterocycles. The smallest absolute Gasteiger partial charge is 0.338 e. The molecule has 2 bridgehead atoms. The van der Waals surface area contributed by atoms with E-state index < -0.39 is 18.5 Å². The summed E-state index contributed by atoms with van der Waals surface area (Å²) in [5.74, 6) is -1.83. The number of benzene rings is 3. The normalized spacial score (nSPS) is 25.1. The lowest BCUT2D eigenvalue weighted by Crippen LogP contribution is -2.33. The Kier molecular flexibility index (Phi) is 6.65. The number of anilines is 2. The second-order valence-electron chi connectivity index (χ2n) is 10.3. The van der Waals surface area contributed by atoms with Crippen LogP contribution in [0.25, 0.3) is 0 Å². The van der Waals surface area contributed by atoms with Gasteiger partial charge in [-0.3, -0.25) is 19.3 Å². The Morgan fingerprint density at radius 2 is 1.67 bits per heavy atom. The zero-order valence-corrected chi connectivity index (χ0v) is 22.2. The average Bonchev–Trinajstić information content (AvgIpc) is 3.60. The SMILES string of the molecule is O=C(COC(=O)c1cccc(N2C(=O)[C@@H]3[C@@H]4C[C@@H]([C@@H]3C2=O)[C@H](c2ccccc2)C4)c1)Nc1ccc(Cl)cc1Cl. The van der Waals surface area contributed by atoms with E-state index in [-0.39, 0.29) is 52.0 Å². The van der Waals surface area contributed by atoms with Gasteiger partial charge in [0, 0.05) is 5.02 Å². The van der Waals surface area contributed by atoms with Crippen molar-refractivity contribution in [1.29, 1.82) is 0 Å². The Hall–Kier alpha value is -3.68. The van der Waals surface area contributed by atoms with Gasteiger partial charge in [-0.2, -0.15) is 0 Å². The highest BCUT2D eigenvalue weighted by atomic mass is 35.5. The lowest BCUT2D eigenvalue weighted by Gasteiger charge is -2.28. The molecule has 3 fully saturated rings. The third kappa shape index (κ3) is 4.60. The molecule has 198 valence electrons. The quantitative estimate of drug-likeness (QED) is 0.306. The number of hydrogen-bond donors (Lipinski definition) is 1. The number of rotatable bonds is 6. The van der Waals surface area contributed by atoms with E-state index in [4.69, 9.17) is 27.9 Å². The molecule has 2 saturated carbocycles. The van der Waals surface area contributed by atoms with Gasteiger partial charge in [0.2, 0.25) is 11.8 Å². The number of imide groups is 1. The Morgan fingerprint density at radius 1 is 0.897 bits per heavy atom. The fourth-order valence-corrected chi connectivity index (χ4v) is 7.02. The first-order valence-corrected chi connectivity index (χ1v) is 13.5. The minimum absolute atomic E-state index is 0.129. The topological polar surface area (TPSA) is 92.8 Å². The van der Waals surface area contributed by atoms with E-state index in [1.165, 1.54) is 28.7 Å². The molecule has 3 aromatic rings. The maximum Gasteiger partial charge on any atom is 0.338 e. The molecule has 7 nitrogen and oxygen atoms in total. The number of carbonyl (C=O) groups is 4. The van der Waals surface area contributed by atoms with Crippen LogP contribution in [-0.2, 0) is 19.1 Å². The fourth-order valence-electron chi connectivity index (χ4n) is 6.56. The van der Waals surface area contributed by atoms with E-state index in [1.807, 2.05) is 18.2 Å². The van der Waals surface area contributed by atoms with Crippen LogP contribution in [0.4, 0.5) is 11.4 Å². The van der Waals surface area contributed by atoms with Crippen molar-refractivity contribution in [3.05, 3.63) is 94.0 Å². The standard InChI is InChI=1S/C30H24Cl2N2O5/c31-19-9-10-24(23(32)14-19)33-25(35)15-39-30(38)17-7-4-8-20(11-17)34-28(36)26-18-12-21(16-5-2-1-3-6-16)22(13-18)27(26)29(34)37/h1-11,14,18,21-22,26-27H,12-13,15H2,(H,33,35)/t18-,21-,22+,26+,27-/m0/s1. The molecule has 9 heteroatoms. The molecule has 3 amide bonds. The first-order chi connectivity index (χ1) is 18.8. The molecule has 3 aromatic carbocycles. The van der Waals surface area contributed by atoms with Crippen LogP contribution in [0, 0.1) is 23.7 Å². The number of ether oxygens (including phenoxy) is 1. The molecule has 0 spiro atoms. The predicted octanol–water partition coefficient (Wildman–Crippen LogP) is 5.72. The molecule has 39 heavy (non-hydrogen) atoms. The summed E-state index contributed by atoms with van der Waals surface area (Å²) in [6.45, 7) is -0.544. The van der Waals surface area contributed by atoms with Crippen LogP contribution in [0.1, 0.15) is 34.7 Å². The summed E-state index contributed by atoms with van der Waals surface area (Å²) in [6.07, 6.45) is 1.79. The van der Waals surface area contributed by atoms with Crippen LogP contribution >= 0.6 is 23.2 Å². The Balaban J connectivity index is 1.14. The lowest BCUT2D eigenvalue weighted by molar-refractivity contribution is -0.123. The van der Waals surface area contributed by atoms with Gasteiger partial charge in [0.25, 0.3) is 5.91 Å². The molecule has 5 atom stereocenters. The van der Waals surface area contributed by atoms with Crippen molar-refractivity contribution in [2.75, 3.05) is 16.8 Å². The maximum atomic E-state index is 13.6. The van der Waals surface area contributed by atoms with E-state index in [0.717, 1.165) is 12.8 Å². The number of hydrogen-bond acceptors (Lipinski definition) is 5. The number of fused-ring (bicyclic) bond motifs is 5. The molecule has 1 heterocycles. The molecule has 1 N–H and O–H groups in total. The van der Waals surface area contributed by atoms with Crippen molar-refractivity contribution in [1.82, 2.24) is 0 Å². The van der Waals surface area contributed by atoms with Crippen LogP contribution in [0.5, 0.6) is 0 Å². The highest BCUT2D eigenvalue weighted by Gasteiger charge is 2.64. The summed E-state index contributed by atoms with van der Waals surface area (Å²) in [4.78, 5) is 53.3. The molecule has 0 unspecified atom stereocenters. The molecule has 0 radical (unpaired) electrons. The van der Waals surface area contributed by atoms with E-state index in [2.05, 4.69) is 17.4 Å². The fraction of sp³-hybridized carbons (Fsp3) is 0.267. The predicted molar refractivity (Wildman–Crippen MR) is 147 cm³/mol. The first-order valence-electron chi connectivity index (χ1n) is 12.8. The van der Waals surface area contributed by atoms with E-state index in [1.54, 1.807) is 24.3 Å². The van der Waals surface area contributed by atoms with Crippen molar-refractivity contribution in [2.24, 2.45) is 23.7 Å². The minimum Gasteiger partial charge on any atom is -0.452 e. The second kappa shape index (κ2) is 10.1. The van der Waals surface area contributed by atoms with Gasteiger partial charge in [0.05, 0.1) is 33.8 Å². The van der Waals surface area contributed by atoms with Crippen LogP contribution in [0.3, 0.4) is 0 Å². The van der Waals surface area contributed by atoms with Crippen LogP contribution in [-0.4, -0.2) is 30.3 Å². The molecule has 6 rings (SSSR count). The van der Waals surface area contributed by atoms with Gasteiger partial charge in [-0.1, -0.05) is 59.6 Å². The molecule has 2 aliphatic carbocycles. The van der Waals surface area contributed by atoms with Gasteiger partial charge in [-0.15, -0.1) is 0 Å². The number of amides is 3. The highest BCUT2D eigenvalue weighted by Crippen LogP contribution is 2.61. The minimum atomic E-state index is -0.752. The first kappa shape index (κ1) is 25.6. The van der Waals surface area contributed by atoms with Crippen molar-refractivity contribution in [3.63, 3.8) is 0 Å². The Morgan fingerprint density at radius 3 is 2.44 bits per heavy atom. The summed E-state index contributed by atoms with van der Waals surface area (Å²) in [7, 11) is 0. The van der Waals surface area contributed by atoms with Crippen molar-refractivity contribution in [2.45, 2.75) is 18.8 Å². The number of nitrogens with one attached hydrogen (secondary N) is 1. The van der Waals surface area contributed by atoms with Gasteiger partial charge in [0.1, 0.15) is 0 Å². The van der Waals surface area contributed by atoms with Crippen LogP contribution in [0.2, 0.25) is 10.0 Å². The molecular formula is C30H24Cl2N2O5. The van der Waals surface area contributed by atoms with E-state index in [9.17, 15) is 19.2 Å². The van der Waals surface area contributed by atoms with Crippen molar-refractivity contribution in [3.8, 4) is 0 Å². The van der Waals surface area contributed by atoms with Gasteiger partial charge < -0.3 is 10.1 Å². The van der Waals surface area contributed by atoms with Crippen molar-refractivity contribution < 1.29 is 23.9 Å². The monoisotopic (exact) mass is 562 g/mol. The number of halogens is 2. The van der Waals surface area contributed by atoms with Gasteiger partial charge in [-0.25, -0.2) is 4.79 Å². The molecular weight excluding hydrogens is 539 g/mol. The lowest BCUT2D eigenvalue weighted by atomic mass is 9.73. The van der Waals surface area contributed by atoms with E-state index >= 15 is 0 Å². The van der Waals surface area contributed by atoms with Gasteiger partial charge in [-0.05, 0) is 72.6 Å². The van der Waals surface area contributed by atoms with Crippen molar-refractivity contribution >= 4 is 58.3 Å². The Labute approximate surface area is 235 Å². The average molecular weight is 563 g/mol. The third-order valence-corrected chi connectivity index (χ3v) is 8.67. The maximum absolute atomic E-state index is 13.6. The molecule has 3 aliphatic rings. The number of nitrogens with zero attached hydrogens (tertiary/aromatic N) is 1. The second-order valence-corrected chi connectivity index (χ2v) is 11.1. The summed E-state index contributed by atoms with van der Waals surface area (Å²) >= 11 is 11.9. The van der Waals surface area contributed by atoms with Gasteiger partial charge in [0.15, 0.2) is 6.61 Å². The third-order valence-electron chi connectivity index (χ3n) is 8.12. The summed E-state index contributed by atoms with van der Waals surface area (Å²) < 4.78 is 5.17. The largest absolute Gasteiger partial charge is 0.452 e. The molecule has 1 saturated heterocycles.